The summed E-state index contributed by atoms with van der Waals surface area (Å²) in [5.74, 6) is 3.05. The average Bonchev–Trinajstić information content (AvgIpc) is 2.83. The van der Waals surface area contributed by atoms with Gasteiger partial charge >= 0.3 is 0 Å². The van der Waals surface area contributed by atoms with Gasteiger partial charge < -0.3 is 5.32 Å². The number of rotatable bonds is 2. The monoisotopic (exact) mass is 221 g/mol. The summed E-state index contributed by atoms with van der Waals surface area (Å²) in [5, 5.41) is 4.04. The Morgan fingerprint density at radius 1 is 0.812 bits per heavy atom. The smallest absolute Gasteiger partial charge is 0.0101 e. The van der Waals surface area contributed by atoms with Gasteiger partial charge in [-0.2, -0.15) is 0 Å². The summed E-state index contributed by atoms with van der Waals surface area (Å²) in [6, 6.07) is 1.73. The molecule has 0 heterocycles. The van der Waals surface area contributed by atoms with E-state index in [1.807, 2.05) is 0 Å². The number of hydrogen-bond donors (Lipinski definition) is 1. The Balaban J connectivity index is 1.56. The van der Waals surface area contributed by atoms with Crippen LogP contribution in [0.4, 0.5) is 0 Å². The highest BCUT2D eigenvalue weighted by Crippen LogP contribution is 2.45. The van der Waals surface area contributed by atoms with E-state index >= 15 is 0 Å². The van der Waals surface area contributed by atoms with Crippen LogP contribution in [0, 0.1) is 17.8 Å². The summed E-state index contributed by atoms with van der Waals surface area (Å²) >= 11 is 0. The van der Waals surface area contributed by atoms with E-state index in [2.05, 4.69) is 12.2 Å². The molecule has 0 saturated heterocycles. The molecule has 1 N–H and O–H groups in total. The van der Waals surface area contributed by atoms with E-state index in [0.717, 1.165) is 29.8 Å². The van der Waals surface area contributed by atoms with Crippen LogP contribution in [0.5, 0.6) is 0 Å². The normalized spacial score (nSPS) is 48.2. The second kappa shape index (κ2) is 4.68. The van der Waals surface area contributed by atoms with Gasteiger partial charge in [0.25, 0.3) is 0 Å². The van der Waals surface area contributed by atoms with Gasteiger partial charge in [-0.05, 0) is 49.9 Å². The van der Waals surface area contributed by atoms with E-state index in [1.54, 1.807) is 6.42 Å². The Morgan fingerprint density at radius 3 is 2.44 bits per heavy atom. The van der Waals surface area contributed by atoms with Gasteiger partial charge in [0.15, 0.2) is 0 Å². The van der Waals surface area contributed by atoms with Crippen molar-refractivity contribution in [1.29, 1.82) is 0 Å². The van der Waals surface area contributed by atoms with E-state index in [4.69, 9.17) is 0 Å². The molecule has 0 aromatic carbocycles. The zero-order valence-electron chi connectivity index (χ0n) is 10.8. The second-order valence-electron chi connectivity index (χ2n) is 6.67. The van der Waals surface area contributed by atoms with E-state index in [0.29, 0.717) is 0 Å². The van der Waals surface area contributed by atoms with E-state index < -0.39 is 0 Å². The van der Waals surface area contributed by atoms with Crippen molar-refractivity contribution in [2.24, 2.45) is 17.8 Å². The van der Waals surface area contributed by atoms with Crippen molar-refractivity contribution in [3.63, 3.8) is 0 Å². The van der Waals surface area contributed by atoms with E-state index in [9.17, 15) is 0 Å². The minimum atomic E-state index is 0.840. The van der Waals surface area contributed by atoms with Gasteiger partial charge in [0.1, 0.15) is 0 Å². The zero-order valence-corrected chi connectivity index (χ0v) is 10.8. The summed E-state index contributed by atoms with van der Waals surface area (Å²) in [7, 11) is 0. The maximum absolute atomic E-state index is 4.04. The Morgan fingerprint density at radius 2 is 1.69 bits per heavy atom. The molecule has 0 radical (unpaired) electrons. The van der Waals surface area contributed by atoms with Crippen LogP contribution < -0.4 is 5.32 Å². The molecule has 0 spiro atoms. The van der Waals surface area contributed by atoms with Crippen LogP contribution in [-0.2, 0) is 0 Å². The highest BCUT2D eigenvalue weighted by molar-refractivity contribution is 4.96. The van der Waals surface area contributed by atoms with Crippen molar-refractivity contribution in [1.82, 2.24) is 5.32 Å². The van der Waals surface area contributed by atoms with Crippen LogP contribution in [0.2, 0.25) is 0 Å². The lowest BCUT2D eigenvalue weighted by Crippen LogP contribution is -2.44. The molecule has 3 aliphatic carbocycles. The van der Waals surface area contributed by atoms with E-state index in [1.165, 1.54) is 51.4 Å². The van der Waals surface area contributed by atoms with Crippen LogP contribution in [0.3, 0.4) is 0 Å². The third-order valence-corrected chi connectivity index (χ3v) is 5.53. The topological polar surface area (TPSA) is 12.0 Å². The Bertz CT molecular complexity index is 238. The van der Waals surface area contributed by atoms with Gasteiger partial charge in [-0.3, -0.25) is 0 Å². The average molecular weight is 221 g/mol. The summed E-state index contributed by atoms with van der Waals surface area (Å²) in [4.78, 5) is 0. The lowest BCUT2D eigenvalue weighted by Gasteiger charge is -2.31. The molecule has 0 aromatic rings. The minimum Gasteiger partial charge on any atom is -0.311 e. The Hall–Kier alpha value is -0.0400. The molecule has 3 aliphatic rings. The molecule has 3 saturated carbocycles. The third-order valence-electron chi connectivity index (χ3n) is 5.53. The molecule has 92 valence electrons. The first-order valence-electron chi connectivity index (χ1n) is 7.59. The maximum atomic E-state index is 4.04. The lowest BCUT2D eigenvalue weighted by atomic mass is 9.91. The summed E-state index contributed by atoms with van der Waals surface area (Å²) < 4.78 is 0. The summed E-state index contributed by atoms with van der Waals surface area (Å²) in [5.41, 5.74) is 0. The second-order valence-corrected chi connectivity index (χ2v) is 6.67. The van der Waals surface area contributed by atoms with Crippen LogP contribution >= 0.6 is 0 Å². The highest BCUT2D eigenvalue weighted by Gasteiger charge is 2.40. The molecule has 0 aromatic heterocycles. The highest BCUT2D eigenvalue weighted by atomic mass is 15.0. The molecule has 16 heavy (non-hydrogen) atoms. The van der Waals surface area contributed by atoms with Crippen LogP contribution in [-0.4, -0.2) is 12.1 Å². The first-order valence-corrected chi connectivity index (χ1v) is 7.59. The first-order chi connectivity index (χ1) is 7.83. The third kappa shape index (κ3) is 2.16. The van der Waals surface area contributed by atoms with Gasteiger partial charge in [-0.1, -0.05) is 32.6 Å². The van der Waals surface area contributed by atoms with Crippen LogP contribution in [0.1, 0.15) is 64.7 Å². The molecule has 5 unspecified atom stereocenters. The quantitative estimate of drug-likeness (QED) is 0.701. The van der Waals surface area contributed by atoms with Crippen molar-refractivity contribution in [2.45, 2.75) is 76.8 Å². The molecule has 0 aliphatic heterocycles. The molecule has 3 fully saturated rings. The van der Waals surface area contributed by atoms with Crippen LogP contribution in [0.15, 0.2) is 0 Å². The fourth-order valence-electron chi connectivity index (χ4n) is 4.46. The molecule has 3 rings (SSSR count). The van der Waals surface area contributed by atoms with Gasteiger partial charge in [0.05, 0.1) is 0 Å². The molecule has 5 atom stereocenters. The Labute approximate surface area is 100 Å². The predicted molar refractivity (Wildman–Crippen MR) is 68.4 cm³/mol. The van der Waals surface area contributed by atoms with Gasteiger partial charge in [-0.25, -0.2) is 0 Å². The van der Waals surface area contributed by atoms with Gasteiger partial charge in [-0.15, -0.1) is 0 Å². The number of hydrogen-bond acceptors (Lipinski definition) is 1. The van der Waals surface area contributed by atoms with Gasteiger partial charge in [0.2, 0.25) is 0 Å². The van der Waals surface area contributed by atoms with Crippen molar-refractivity contribution in [3.8, 4) is 0 Å². The summed E-state index contributed by atoms with van der Waals surface area (Å²) in [6.45, 7) is 2.47. The molecular formula is C15H27N. The molecule has 0 amide bonds. The van der Waals surface area contributed by atoms with Gasteiger partial charge in [0, 0.05) is 12.1 Å². The largest absolute Gasteiger partial charge is 0.311 e. The van der Waals surface area contributed by atoms with Crippen molar-refractivity contribution >= 4 is 0 Å². The van der Waals surface area contributed by atoms with Crippen molar-refractivity contribution in [3.05, 3.63) is 0 Å². The Kier molecular flexibility index (Phi) is 3.24. The molecule has 1 heteroatoms. The SMILES string of the molecule is CC1CCCCCC1NC1CC2CCC1C2. The fourth-order valence-corrected chi connectivity index (χ4v) is 4.46. The molecule has 2 bridgehead atoms. The van der Waals surface area contributed by atoms with Crippen molar-refractivity contribution < 1.29 is 0 Å². The minimum absolute atomic E-state index is 0.840. The number of fused-ring (bicyclic) bond motifs is 2. The standard InChI is InChI=1S/C15H27N/c1-11-5-3-2-4-6-14(11)16-15-10-12-7-8-13(15)9-12/h11-16H,2-10H2,1H3. The summed E-state index contributed by atoms with van der Waals surface area (Å²) in [6.07, 6.45) is 13.4. The molecular weight excluding hydrogens is 194 g/mol. The zero-order chi connectivity index (χ0) is 11.0. The van der Waals surface area contributed by atoms with Crippen LogP contribution in [0.25, 0.3) is 0 Å². The number of nitrogens with one attached hydrogen (secondary N) is 1. The maximum Gasteiger partial charge on any atom is 0.0101 e. The first kappa shape index (κ1) is 11.1. The van der Waals surface area contributed by atoms with E-state index in [-0.39, 0.29) is 0 Å². The predicted octanol–water partition coefficient (Wildman–Crippen LogP) is 3.73. The molecule has 1 nitrogen and oxygen atoms in total. The fraction of sp³-hybridized carbons (Fsp3) is 1.00. The lowest BCUT2D eigenvalue weighted by molar-refractivity contribution is 0.266. The van der Waals surface area contributed by atoms with Crippen molar-refractivity contribution in [2.75, 3.05) is 0 Å².